The van der Waals surface area contributed by atoms with Crippen LogP contribution in [0.2, 0.25) is 0 Å². The minimum absolute atomic E-state index is 0.502. The first-order chi connectivity index (χ1) is 9.17. The molecular weight excluding hydrogens is 240 g/mol. The second kappa shape index (κ2) is 5.95. The molecule has 0 radical (unpaired) electrons. The van der Waals surface area contributed by atoms with Gasteiger partial charge in [-0.05, 0) is 49.7 Å². The fourth-order valence-electron chi connectivity index (χ4n) is 1.63. The fourth-order valence-corrected chi connectivity index (χ4v) is 1.63. The van der Waals surface area contributed by atoms with Gasteiger partial charge in [-0.15, -0.1) is 0 Å². The van der Waals surface area contributed by atoms with Crippen LogP contribution in [0.3, 0.4) is 0 Å². The quantitative estimate of drug-likeness (QED) is 0.674. The van der Waals surface area contributed by atoms with Crippen molar-refractivity contribution in [2.45, 2.75) is 13.8 Å². The van der Waals surface area contributed by atoms with Gasteiger partial charge in [0.1, 0.15) is 5.75 Å². The third-order valence-corrected chi connectivity index (χ3v) is 2.48. The number of nitrogens with zero attached hydrogens (tertiary/aromatic N) is 3. The molecule has 0 spiro atoms. The molecular formula is C14H16N4O. The number of hydrazone groups is 1. The number of ether oxygens (including phenoxy) is 1. The van der Waals surface area contributed by atoms with Crippen LogP contribution < -0.4 is 10.2 Å². The van der Waals surface area contributed by atoms with Crippen LogP contribution >= 0.6 is 0 Å². The van der Waals surface area contributed by atoms with E-state index in [4.69, 9.17) is 4.74 Å². The van der Waals surface area contributed by atoms with E-state index in [1.54, 1.807) is 13.3 Å². The van der Waals surface area contributed by atoms with Crippen molar-refractivity contribution in [3.05, 3.63) is 47.3 Å². The van der Waals surface area contributed by atoms with Crippen LogP contribution in [0.15, 0.2) is 35.4 Å². The number of anilines is 1. The van der Waals surface area contributed by atoms with Gasteiger partial charge in [0.2, 0.25) is 5.95 Å². The van der Waals surface area contributed by atoms with Gasteiger partial charge in [0.15, 0.2) is 0 Å². The van der Waals surface area contributed by atoms with Gasteiger partial charge in [0.25, 0.3) is 0 Å². The molecule has 98 valence electrons. The van der Waals surface area contributed by atoms with Crippen LogP contribution in [0.25, 0.3) is 0 Å². The lowest BCUT2D eigenvalue weighted by Crippen LogP contribution is -1.99. The summed E-state index contributed by atoms with van der Waals surface area (Å²) in [5.41, 5.74) is 5.61. The molecule has 0 aliphatic carbocycles. The monoisotopic (exact) mass is 256 g/mol. The molecule has 0 bridgehead atoms. The lowest BCUT2D eigenvalue weighted by Gasteiger charge is -2.02. The summed E-state index contributed by atoms with van der Waals surface area (Å²) in [6.45, 7) is 3.85. The maximum Gasteiger partial charge on any atom is 0.243 e. The van der Waals surface area contributed by atoms with Crippen LogP contribution in [-0.4, -0.2) is 23.3 Å². The fraction of sp³-hybridized carbons (Fsp3) is 0.214. The molecule has 0 aliphatic heterocycles. The van der Waals surface area contributed by atoms with E-state index in [2.05, 4.69) is 20.5 Å². The van der Waals surface area contributed by atoms with Crippen molar-refractivity contribution in [2.24, 2.45) is 5.10 Å². The first-order valence-electron chi connectivity index (χ1n) is 5.93. The second-order valence-corrected chi connectivity index (χ2v) is 4.12. The zero-order valence-electron chi connectivity index (χ0n) is 11.2. The van der Waals surface area contributed by atoms with Crippen molar-refractivity contribution in [2.75, 3.05) is 12.5 Å². The molecule has 0 saturated carbocycles. The first-order valence-corrected chi connectivity index (χ1v) is 5.93. The van der Waals surface area contributed by atoms with Crippen LogP contribution in [0.4, 0.5) is 5.95 Å². The first kappa shape index (κ1) is 13.0. The number of aryl methyl sites for hydroxylation is 2. The molecule has 0 atom stereocenters. The molecule has 2 aromatic rings. The average Bonchev–Trinajstić information content (AvgIpc) is 2.38. The van der Waals surface area contributed by atoms with Crippen molar-refractivity contribution < 1.29 is 4.74 Å². The van der Waals surface area contributed by atoms with Crippen molar-refractivity contribution in [3.63, 3.8) is 0 Å². The SMILES string of the molecule is COc1ccc(/C=N/Nc2nc(C)cc(C)n2)cc1. The Kier molecular flexibility index (Phi) is 4.07. The highest BCUT2D eigenvalue weighted by atomic mass is 16.5. The molecule has 1 N–H and O–H groups in total. The predicted octanol–water partition coefficient (Wildman–Crippen LogP) is 2.55. The van der Waals surface area contributed by atoms with Gasteiger partial charge in [-0.1, -0.05) is 0 Å². The van der Waals surface area contributed by atoms with Gasteiger partial charge in [0.05, 0.1) is 13.3 Å². The Hall–Kier alpha value is -2.43. The highest BCUT2D eigenvalue weighted by Crippen LogP contribution is 2.10. The summed E-state index contributed by atoms with van der Waals surface area (Å²) in [4.78, 5) is 8.47. The van der Waals surface area contributed by atoms with Crippen LogP contribution in [0.5, 0.6) is 5.75 Å². The van der Waals surface area contributed by atoms with E-state index < -0.39 is 0 Å². The van der Waals surface area contributed by atoms with Crippen molar-refractivity contribution >= 4 is 12.2 Å². The topological polar surface area (TPSA) is 59.4 Å². The molecule has 19 heavy (non-hydrogen) atoms. The minimum atomic E-state index is 0.502. The Labute approximate surface area is 112 Å². The molecule has 1 heterocycles. The van der Waals surface area contributed by atoms with Gasteiger partial charge in [-0.25, -0.2) is 15.4 Å². The summed E-state index contributed by atoms with van der Waals surface area (Å²) in [5, 5.41) is 4.11. The average molecular weight is 256 g/mol. The third kappa shape index (κ3) is 3.77. The van der Waals surface area contributed by atoms with E-state index in [-0.39, 0.29) is 0 Å². The molecule has 5 nitrogen and oxygen atoms in total. The normalized spacial score (nSPS) is 10.7. The molecule has 1 aromatic heterocycles. The highest BCUT2D eigenvalue weighted by Gasteiger charge is 1.96. The predicted molar refractivity (Wildman–Crippen MR) is 75.7 cm³/mol. The third-order valence-electron chi connectivity index (χ3n) is 2.48. The van der Waals surface area contributed by atoms with Gasteiger partial charge in [-0.3, -0.25) is 0 Å². The Morgan fingerprint density at radius 3 is 2.32 bits per heavy atom. The summed E-state index contributed by atoms with van der Waals surface area (Å²) in [6, 6.07) is 9.53. The largest absolute Gasteiger partial charge is 0.497 e. The zero-order valence-corrected chi connectivity index (χ0v) is 11.2. The van der Waals surface area contributed by atoms with Gasteiger partial charge in [0, 0.05) is 11.4 Å². The van der Waals surface area contributed by atoms with E-state index in [1.165, 1.54) is 0 Å². The number of methoxy groups -OCH3 is 1. The molecule has 5 heteroatoms. The molecule has 2 rings (SSSR count). The summed E-state index contributed by atoms with van der Waals surface area (Å²) in [7, 11) is 1.64. The highest BCUT2D eigenvalue weighted by molar-refractivity contribution is 5.80. The maximum atomic E-state index is 5.09. The van der Waals surface area contributed by atoms with E-state index in [9.17, 15) is 0 Å². The summed E-state index contributed by atoms with van der Waals surface area (Å²) in [5.74, 6) is 1.32. The van der Waals surface area contributed by atoms with Crippen LogP contribution in [-0.2, 0) is 0 Å². The number of benzene rings is 1. The summed E-state index contributed by atoms with van der Waals surface area (Å²) in [6.07, 6.45) is 1.71. The summed E-state index contributed by atoms with van der Waals surface area (Å²) < 4.78 is 5.09. The van der Waals surface area contributed by atoms with E-state index in [0.717, 1.165) is 22.7 Å². The van der Waals surface area contributed by atoms with E-state index in [0.29, 0.717) is 5.95 Å². The summed E-state index contributed by atoms with van der Waals surface area (Å²) >= 11 is 0. The smallest absolute Gasteiger partial charge is 0.243 e. The number of rotatable bonds is 4. The molecule has 0 amide bonds. The minimum Gasteiger partial charge on any atom is -0.497 e. The second-order valence-electron chi connectivity index (χ2n) is 4.12. The number of aromatic nitrogens is 2. The van der Waals surface area contributed by atoms with E-state index in [1.807, 2.05) is 44.2 Å². The van der Waals surface area contributed by atoms with Crippen LogP contribution in [0.1, 0.15) is 17.0 Å². The zero-order chi connectivity index (χ0) is 13.7. The lowest BCUT2D eigenvalue weighted by atomic mass is 10.2. The molecule has 0 unspecified atom stereocenters. The lowest BCUT2D eigenvalue weighted by molar-refractivity contribution is 0.415. The Morgan fingerprint density at radius 1 is 1.11 bits per heavy atom. The number of nitrogens with one attached hydrogen (secondary N) is 1. The Bertz CT molecular complexity index is 558. The molecule has 0 fully saturated rings. The Balaban J connectivity index is 2.02. The van der Waals surface area contributed by atoms with Gasteiger partial charge >= 0.3 is 0 Å². The van der Waals surface area contributed by atoms with Gasteiger partial charge in [-0.2, -0.15) is 5.10 Å². The molecule has 0 aliphatic rings. The van der Waals surface area contributed by atoms with Crippen LogP contribution in [0, 0.1) is 13.8 Å². The number of hydrogen-bond donors (Lipinski definition) is 1. The Morgan fingerprint density at radius 2 is 1.74 bits per heavy atom. The standard InChI is InChI=1S/C14H16N4O/c1-10-8-11(2)17-14(16-10)18-15-9-12-4-6-13(19-3)7-5-12/h4-9H,1-3H3,(H,16,17,18)/b15-9+. The van der Waals surface area contributed by atoms with E-state index >= 15 is 0 Å². The van der Waals surface area contributed by atoms with Crippen molar-refractivity contribution in [1.29, 1.82) is 0 Å². The van der Waals surface area contributed by atoms with Gasteiger partial charge < -0.3 is 4.74 Å². The maximum absolute atomic E-state index is 5.09. The van der Waals surface area contributed by atoms with Crippen molar-refractivity contribution in [3.8, 4) is 5.75 Å². The molecule has 1 aromatic carbocycles. The van der Waals surface area contributed by atoms with Crippen molar-refractivity contribution in [1.82, 2.24) is 9.97 Å². The molecule has 0 saturated heterocycles. The number of hydrogen-bond acceptors (Lipinski definition) is 5.